The van der Waals surface area contributed by atoms with Crippen molar-refractivity contribution in [3.05, 3.63) is 138 Å². The van der Waals surface area contributed by atoms with E-state index < -0.39 is 156 Å². The van der Waals surface area contributed by atoms with E-state index in [9.17, 15) is 62.6 Å². The van der Waals surface area contributed by atoms with E-state index in [0.29, 0.717) is 42.5 Å². The lowest BCUT2D eigenvalue weighted by Gasteiger charge is -2.29. The summed E-state index contributed by atoms with van der Waals surface area (Å²) in [5.74, 6) is -10.3. The second-order valence-corrected chi connectivity index (χ2v) is 24.8. The Bertz CT molecular complexity index is 3220. The van der Waals surface area contributed by atoms with Gasteiger partial charge in [-0.3, -0.25) is 57.5 Å². The maximum atomic E-state index is 14.7. The van der Waals surface area contributed by atoms with E-state index in [1.165, 1.54) is 29.2 Å². The minimum absolute atomic E-state index is 0.00158. The summed E-state index contributed by atoms with van der Waals surface area (Å²) in [7, 11) is 0. The van der Waals surface area contributed by atoms with Crippen molar-refractivity contribution >= 4 is 82.7 Å². The monoisotopic (exact) mass is 1320 g/mol. The number of hydrogen-bond donors (Lipinski definition) is 14. The van der Waals surface area contributed by atoms with Crippen LogP contribution in [-0.2, 0) is 83.2 Å². The Morgan fingerprint density at radius 3 is 1.41 bits per heavy atom. The molecule has 94 heavy (non-hydrogen) atoms. The number of unbranched alkanes of at least 4 members (excludes halogenated alkanes) is 1. The van der Waals surface area contributed by atoms with Gasteiger partial charge in [-0.05, 0) is 104 Å². The van der Waals surface area contributed by atoms with E-state index in [-0.39, 0.29) is 63.2 Å². The Morgan fingerprint density at radius 1 is 0.511 bits per heavy atom. The van der Waals surface area contributed by atoms with Crippen LogP contribution in [0.5, 0.6) is 5.75 Å². The molecule has 1 heterocycles. The van der Waals surface area contributed by atoms with Gasteiger partial charge < -0.3 is 75.5 Å². The van der Waals surface area contributed by atoms with Gasteiger partial charge in [0.25, 0.3) is 0 Å². The summed E-state index contributed by atoms with van der Waals surface area (Å²) < 4.78 is 0. The van der Waals surface area contributed by atoms with Crippen molar-refractivity contribution in [1.82, 2.24) is 47.4 Å². The second-order valence-electron chi connectivity index (χ2n) is 24.3. The highest BCUT2D eigenvalue weighted by molar-refractivity contribution is 7.96. The normalized spacial score (nSPS) is 15.7. The highest BCUT2D eigenvalue weighted by Gasteiger charge is 2.40. The number of rotatable bonds is 38. The lowest BCUT2D eigenvalue weighted by Crippen LogP contribution is -2.61. The van der Waals surface area contributed by atoms with Gasteiger partial charge >= 0.3 is 0 Å². The van der Waals surface area contributed by atoms with Crippen LogP contribution in [0.4, 0.5) is 0 Å². The first-order chi connectivity index (χ1) is 44.7. The molecule has 0 radical (unpaired) electrons. The van der Waals surface area contributed by atoms with Crippen LogP contribution in [-0.4, -0.2) is 154 Å². The molecule has 0 spiro atoms. The number of phenols is 1. The van der Waals surface area contributed by atoms with Crippen molar-refractivity contribution in [2.45, 2.75) is 172 Å². The van der Waals surface area contributed by atoms with E-state index in [2.05, 4.69) is 55.2 Å². The van der Waals surface area contributed by atoms with Gasteiger partial charge in [0.2, 0.25) is 70.1 Å². The number of benzene rings is 4. The Morgan fingerprint density at radius 2 is 0.936 bits per heavy atom. The van der Waals surface area contributed by atoms with Crippen LogP contribution < -0.4 is 65.5 Å². The molecule has 0 aromatic heterocycles. The average molecular weight is 1320 g/mol. The zero-order valence-corrected chi connectivity index (χ0v) is 54.4. The highest BCUT2D eigenvalue weighted by atomic mass is 32.1. The Balaban J connectivity index is 1.40. The number of nitrogens with one attached hydrogen (secondary N) is 8. The smallest absolute Gasteiger partial charge is 0.243 e. The van der Waals surface area contributed by atoms with E-state index in [0.717, 1.165) is 5.56 Å². The molecule has 508 valence electrons. The topological polar surface area (TPSA) is 429 Å². The molecule has 17 N–H and O–H groups in total. The van der Waals surface area contributed by atoms with Crippen molar-refractivity contribution in [1.29, 1.82) is 0 Å². The minimum Gasteiger partial charge on any atom is -0.508 e. The van der Waals surface area contributed by atoms with Gasteiger partial charge in [0.1, 0.15) is 54.1 Å². The number of likely N-dealkylation sites (tertiary alicyclic amines) is 1. The van der Waals surface area contributed by atoms with Crippen LogP contribution in [0.1, 0.15) is 108 Å². The van der Waals surface area contributed by atoms with Crippen molar-refractivity contribution in [2.24, 2.45) is 34.8 Å². The number of primary amides is 2. The van der Waals surface area contributed by atoms with Crippen LogP contribution in [0.15, 0.2) is 115 Å². The number of nitrogens with zero attached hydrogens (tertiary/aromatic N) is 1. The third-order valence-corrected chi connectivity index (χ3v) is 16.1. The number of carbonyl (C=O) groups is 12. The number of nitrogens with two attached hydrogens (primary N) is 4. The maximum Gasteiger partial charge on any atom is 0.243 e. The fraction of sp³-hybridized carbons (Fsp3) is 0.463. The predicted octanol–water partition coefficient (Wildman–Crippen LogP) is 0.288. The molecule has 1 fully saturated rings. The minimum atomic E-state index is -1.86. The third-order valence-electron chi connectivity index (χ3n) is 15.8. The first kappa shape index (κ1) is 75.5. The average Bonchev–Trinajstić information content (AvgIpc) is 1.88. The fourth-order valence-electron chi connectivity index (χ4n) is 10.8. The van der Waals surface area contributed by atoms with Gasteiger partial charge in [-0.2, -0.15) is 0 Å². The summed E-state index contributed by atoms with van der Waals surface area (Å²) in [6, 6.07) is 18.5. The number of phenolic OH excluding ortho intramolecular Hbond substituents is 1. The van der Waals surface area contributed by atoms with Crippen LogP contribution in [0.2, 0.25) is 0 Å². The molecule has 5 rings (SSSR count). The van der Waals surface area contributed by atoms with Crippen LogP contribution in [0, 0.1) is 11.8 Å². The largest absolute Gasteiger partial charge is 0.508 e. The fourth-order valence-corrected chi connectivity index (χ4v) is 10.9. The number of hydrogen-bond acceptors (Lipinski definition) is 15. The summed E-state index contributed by atoms with van der Waals surface area (Å²) in [6.07, 6.45) is -0.146. The molecule has 0 bridgehead atoms. The lowest BCUT2D eigenvalue weighted by molar-refractivity contribution is -0.140. The summed E-state index contributed by atoms with van der Waals surface area (Å²) >= 11 is 3.96. The van der Waals surface area contributed by atoms with Crippen LogP contribution in [0.25, 0.3) is 0 Å². The van der Waals surface area contributed by atoms with E-state index in [4.69, 9.17) is 22.9 Å². The zero-order chi connectivity index (χ0) is 69.0. The molecular weight excluding hydrogens is 1230 g/mol. The number of thiol groups is 1. The highest BCUT2D eigenvalue weighted by Crippen LogP contribution is 2.21. The Kier molecular flexibility index (Phi) is 30.6. The summed E-state index contributed by atoms with van der Waals surface area (Å²) in [5.41, 5.74) is 25.7. The molecule has 27 heteroatoms. The molecular formula is C67H91N13O13S. The molecule has 1 saturated heterocycles. The standard InChI is InChI=1S/C67H91N13O13S/c1-39(2)33-53(67(93)94)78-58(84)47(23-14-15-31-68)73-65(91)57(40(3)4)79-63(89)51(37-44-25-27-45(81)28-26-44)74-59(85)48(29-30-55(70)82)72-62(88)52(38-56(71)83)76-60(86)49(35-42-19-10-6-11-20-42)75-61(87)50(36-43-21-12-7-13-22-43)77-64(90)54-24-16-32-80(54)66(92)46(69)34-41-17-8-5-9-18-41/h5-13,17-22,25-28,39-40,46-54,57,81H,14-16,23-24,29-38,68-69H2,1-4H3,(H2,70,82)(H2,71,83)(H,72,88)(H,73,91)(H,74,85)(H,75,87)(H,76,86)(H,77,90)(H,78,84)(H,79,89)(H,93,94)/t46-,47+,48+,49-,50+,51+,52+,53+,54+,57+/m1/s1. The van der Waals surface area contributed by atoms with Crippen LogP contribution in [0.3, 0.4) is 0 Å². The molecule has 26 nitrogen and oxygen atoms in total. The van der Waals surface area contributed by atoms with Gasteiger partial charge in [-0.15, -0.1) is 12.6 Å². The van der Waals surface area contributed by atoms with Crippen molar-refractivity contribution in [2.75, 3.05) is 13.1 Å². The molecule has 0 aliphatic carbocycles. The van der Waals surface area contributed by atoms with Crippen LogP contribution >= 0.6 is 12.6 Å². The molecule has 0 unspecified atom stereocenters. The first-order valence-electron chi connectivity index (χ1n) is 31.6. The summed E-state index contributed by atoms with van der Waals surface area (Å²) in [4.78, 5) is 168. The predicted molar refractivity (Wildman–Crippen MR) is 354 cm³/mol. The van der Waals surface area contributed by atoms with Gasteiger partial charge in [0.15, 0.2) is 0 Å². The van der Waals surface area contributed by atoms with Crippen molar-refractivity contribution in [3.63, 3.8) is 0 Å². The van der Waals surface area contributed by atoms with Gasteiger partial charge in [-0.25, -0.2) is 0 Å². The lowest BCUT2D eigenvalue weighted by atomic mass is 9.99. The van der Waals surface area contributed by atoms with E-state index in [1.54, 1.807) is 74.5 Å². The van der Waals surface area contributed by atoms with Gasteiger partial charge in [-0.1, -0.05) is 131 Å². The second kappa shape index (κ2) is 38.1. The summed E-state index contributed by atoms with van der Waals surface area (Å²) in [5, 5.41) is 30.7. The Hall–Kier alpha value is -9.21. The first-order valence-corrected chi connectivity index (χ1v) is 32.1. The number of aromatic hydroxyl groups is 1. The van der Waals surface area contributed by atoms with Gasteiger partial charge in [0, 0.05) is 32.2 Å². The molecule has 11 amide bonds. The molecule has 1 aliphatic heterocycles. The van der Waals surface area contributed by atoms with Crippen molar-refractivity contribution < 1.29 is 62.6 Å². The zero-order valence-electron chi connectivity index (χ0n) is 53.6. The Labute approximate surface area is 553 Å². The molecule has 1 aliphatic rings. The maximum absolute atomic E-state index is 14.7. The van der Waals surface area contributed by atoms with Gasteiger partial charge in [0.05, 0.1) is 18.5 Å². The van der Waals surface area contributed by atoms with E-state index in [1.807, 2.05) is 44.2 Å². The molecule has 4 aromatic carbocycles. The third kappa shape index (κ3) is 25.0. The quantitative estimate of drug-likeness (QED) is 0.0212. The van der Waals surface area contributed by atoms with E-state index >= 15 is 0 Å². The molecule has 0 saturated carbocycles. The SMILES string of the molecule is CC(C)C[C@H](NC(=O)[C@H](CCCCN)NC(=O)[C@@H](NC(=O)[C@H](Cc1ccc(O)cc1)NC(=O)[C@H](CCC(N)=O)NC(=O)[C@H](CC(N)=O)NC(=O)[C@@H](Cc1ccccc1)NC(=O)[C@H](Cc1ccccc1)NC(=O)[C@@H]1CCCN1C(=O)[C@H](N)Cc1ccccc1)C(C)C)C(=O)S. The number of amides is 11. The number of carbonyl (C=O) groups excluding carboxylic acids is 12. The summed E-state index contributed by atoms with van der Waals surface area (Å²) in [6.45, 7) is 7.51. The molecule has 10 atom stereocenters. The van der Waals surface area contributed by atoms with Crippen molar-refractivity contribution in [3.8, 4) is 5.75 Å². The molecule has 4 aromatic rings.